The van der Waals surface area contributed by atoms with Gasteiger partial charge < -0.3 is 16.3 Å². The number of rotatable bonds is 4. The summed E-state index contributed by atoms with van der Waals surface area (Å²) in [6.07, 6.45) is 3.74. The van der Waals surface area contributed by atoms with E-state index in [0.717, 1.165) is 36.0 Å². The van der Waals surface area contributed by atoms with Gasteiger partial charge in [0.05, 0.1) is 10.6 Å². The fraction of sp³-hybridized carbons (Fsp3) is 0.294. The minimum absolute atomic E-state index is 0.206. The Morgan fingerprint density at radius 2 is 2.05 bits per heavy atom. The van der Waals surface area contributed by atoms with E-state index in [-0.39, 0.29) is 5.41 Å². The van der Waals surface area contributed by atoms with Gasteiger partial charge in [-0.3, -0.25) is 4.79 Å². The first-order chi connectivity index (χ1) is 10.6. The highest BCUT2D eigenvalue weighted by Gasteiger charge is 2.38. The van der Waals surface area contributed by atoms with Crippen LogP contribution in [-0.2, 0) is 23.1 Å². The van der Waals surface area contributed by atoms with Gasteiger partial charge in [-0.2, -0.15) is 0 Å². The molecule has 0 fully saturated rings. The third kappa shape index (κ3) is 2.31. The zero-order valence-electron chi connectivity index (χ0n) is 12.2. The molecule has 1 aliphatic rings. The zero-order valence-corrected chi connectivity index (χ0v) is 13.0. The van der Waals surface area contributed by atoms with Crippen LogP contribution in [0.4, 0.5) is 5.00 Å². The second kappa shape index (κ2) is 5.57. The smallest absolute Gasteiger partial charge is 0.251 e. The van der Waals surface area contributed by atoms with Crippen molar-refractivity contribution < 1.29 is 9.59 Å². The molecule has 114 valence electrons. The van der Waals surface area contributed by atoms with Crippen LogP contribution in [-0.4, -0.2) is 12.2 Å². The van der Waals surface area contributed by atoms with Crippen LogP contribution < -0.4 is 11.5 Å². The predicted molar refractivity (Wildman–Crippen MR) is 88.1 cm³/mol. The number of carbonyl (C=O) groups is 2. The molecule has 3 rings (SSSR count). The van der Waals surface area contributed by atoms with E-state index in [0.29, 0.717) is 17.0 Å². The number of anilines is 1. The van der Waals surface area contributed by atoms with Gasteiger partial charge in [0.15, 0.2) is 0 Å². The van der Waals surface area contributed by atoms with Crippen LogP contribution in [0.2, 0.25) is 0 Å². The van der Waals surface area contributed by atoms with E-state index in [1.54, 1.807) is 0 Å². The summed E-state index contributed by atoms with van der Waals surface area (Å²) in [5.41, 5.74) is 13.8. The molecule has 1 amide bonds. The summed E-state index contributed by atoms with van der Waals surface area (Å²) in [6, 6.07) is 10.1. The van der Waals surface area contributed by atoms with Crippen LogP contribution in [0.25, 0.3) is 0 Å². The van der Waals surface area contributed by atoms with Crippen LogP contribution >= 0.6 is 11.3 Å². The Bertz CT molecular complexity index is 724. The molecule has 5 heteroatoms. The molecule has 0 spiro atoms. The van der Waals surface area contributed by atoms with Gasteiger partial charge in [0.25, 0.3) is 5.91 Å². The van der Waals surface area contributed by atoms with Gasteiger partial charge in [-0.1, -0.05) is 30.3 Å². The van der Waals surface area contributed by atoms with Crippen LogP contribution in [0, 0.1) is 0 Å². The summed E-state index contributed by atoms with van der Waals surface area (Å²) >= 11 is 1.43. The third-order valence-corrected chi connectivity index (χ3v) is 5.64. The van der Waals surface area contributed by atoms with E-state index in [1.807, 2.05) is 18.2 Å². The number of primary amides is 1. The summed E-state index contributed by atoms with van der Waals surface area (Å²) in [5.74, 6) is -0.461. The van der Waals surface area contributed by atoms with Crippen LogP contribution in [0.5, 0.6) is 0 Å². The summed E-state index contributed by atoms with van der Waals surface area (Å²) in [5, 5.41) is 0.493. The lowest BCUT2D eigenvalue weighted by Gasteiger charge is -2.36. The Kier molecular flexibility index (Phi) is 3.74. The van der Waals surface area contributed by atoms with Crippen molar-refractivity contribution in [2.75, 3.05) is 5.73 Å². The molecule has 22 heavy (non-hydrogen) atoms. The first kappa shape index (κ1) is 14.8. The second-order valence-corrected chi connectivity index (χ2v) is 6.94. The third-order valence-electron chi connectivity index (χ3n) is 4.58. The van der Waals surface area contributed by atoms with E-state index in [2.05, 4.69) is 12.1 Å². The van der Waals surface area contributed by atoms with Crippen molar-refractivity contribution >= 4 is 28.5 Å². The number of aldehydes is 1. The van der Waals surface area contributed by atoms with Gasteiger partial charge in [0.2, 0.25) is 0 Å². The molecule has 1 heterocycles. The van der Waals surface area contributed by atoms with Crippen molar-refractivity contribution in [3.8, 4) is 0 Å². The minimum Gasteiger partial charge on any atom is -0.390 e. The Labute approximate surface area is 133 Å². The lowest BCUT2D eigenvalue weighted by Crippen LogP contribution is -2.34. The standard InChI is InChI=1S/C17H18N2O2S/c18-15(21)14-12-6-7-17(8-9-20,10-13(12)22-16(14)19)11-4-2-1-3-5-11/h1-5,9H,6-8,10,19H2,(H2,18,21). The summed E-state index contributed by atoms with van der Waals surface area (Å²) in [6.45, 7) is 0. The van der Waals surface area contributed by atoms with Crippen molar-refractivity contribution in [3.63, 3.8) is 0 Å². The van der Waals surface area contributed by atoms with Crippen molar-refractivity contribution in [2.24, 2.45) is 5.73 Å². The van der Waals surface area contributed by atoms with Crippen molar-refractivity contribution in [1.29, 1.82) is 0 Å². The molecule has 1 aromatic heterocycles. The minimum atomic E-state index is -0.461. The SMILES string of the molecule is NC(=O)c1c(N)sc2c1CCC(CC=O)(c1ccccc1)C2. The molecule has 4 nitrogen and oxygen atoms in total. The van der Waals surface area contributed by atoms with Crippen molar-refractivity contribution in [3.05, 3.63) is 51.9 Å². The largest absolute Gasteiger partial charge is 0.390 e. The van der Waals surface area contributed by atoms with Gasteiger partial charge >= 0.3 is 0 Å². The fourth-order valence-electron chi connectivity index (χ4n) is 3.46. The van der Waals surface area contributed by atoms with Gasteiger partial charge in [0.1, 0.15) is 6.29 Å². The highest BCUT2D eigenvalue weighted by Crippen LogP contribution is 2.45. The lowest BCUT2D eigenvalue weighted by atomic mass is 9.67. The first-order valence-electron chi connectivity index (χ1n) is 7.26. The number of thiophene rings is 1. The van der Waals surface area contributed by atoms with E-state index < -0.39 is 5.91 Å². The summed E-state index contributed by atoms with van der Waals surface area (Å²) in [4.78, 5) is 23.9. The van der Waals surface area contributed by atoms with Crippen LogP contribution in [0.1, 0.15) is 39.2 Å². The summed E-state index contributed by atoms with van der Waals surface area (Å²) in [7, 11) is 0. The Hall–Kier alpha value is -2.14. The molecule has 1 aliphatic carbocycles. The Morgan fingerprint density at radius 3 is 2.68 bits per heavy atom. The van der Waals surface area contributed by atoms with Crippen molar-refractivity contribution in [2.45, 2.75) is 31.1 Å². The number of hydrogen-bond acceptors (Lipinski definition) is 4. The number of nitrogen functional groups attached to an aromatic ring is 1. The Balaban J connectivity index is 2.06. The maximum atomic E-state index is 11.6. The van der Waals surface area contributed by atoms with E-state index in [1.165, 1.54) is 16.9 Å². The fourth-order valence-corrected chi connectivity index (χ4v) is 4.73. The molecule has 4 N–H and O–H groups in total. The van der Waals surface area contributed by atoms with Crippen LogP contribution in [0.15, 0.2) is 30.3 Å². The molecular weight excluding hydrogens is 296 g/mol. The molecule has 1 atom stereocenters. The second-order valence-electron chi connectivity index (χ2n) is 5.80. The molecule has 0 saturated heterocycles. The average molecular weight is 314 g/mol. The monoisotopic (exact) mass is 314 g/mol. The van der Waals surface area contributed by atoms with Crippen LogP contribution in [0.3, 0.4) is 0 Å². The molecule has 0 saturated carbocycles. The highest BCUT2D eigenvalue weighted by atomic mass is 32.1. The molecule has 0 bridgehead atoms. The zero-order chi connectivity index (χ0) is 15.7. The molecule has 0 radical (unpaired) electrons. The van der Waals surface area contributed by atoms with E-state index >= 15 is 0 Å². The molecule has 1 aromatic carbocycles. The molecule has 0 aliphatic heterocycles. The highest BCUT2D eigenvalue weighted by molar-refractivity contribution is 7.16. The number of carbonyl (C=O) groups excluding carboxylic acids is 2. The lowest BCUT2D eigenvalue weighted by molar-refractivity contribution is -0.109. The summed E-state index contributed by atoms with van der Waals surface area (Å²) < 4.78 is 0. The number of hydrogen-bond donors (Lipinski definition) is 2. The maximum absolute atomic E-state index is 11.6. The predicted octanol–water partition coefficient (Wildman–Crippen LogP) is 2.44. The quantitative estimate of drug-likeness (QED) is 0.850. The van der Waals surface area contributed by atoms with Crippen molar-refractivity contribution in [1.82, 2.24) is 0 Å². The van der Waals surface area contributed by atoms with Gasteiger partial charge in [0, 0.05) is 16.7 Å². The van der Waals surface area contributed by atoms with E-state index in [9.17, 15) is 9.59 Å². The molecule has 2 aromatic rings. The Morgan fingerprint density at radius 1 is 1.32 bits per heavy atom. The number of benzene rings is 1. The topological polar surface area (TPSA) is 86.2 Å². The average Bonchev–Trinajstić information content (AvgIpc) is 2.83. The van der Waals surface area contributed by atoms with E-state index in [4.69, 9.17) is 11.5 Å². The number of fused-ring (bicyclic) bond motifs is 1. The normalized spacial score (nSPS) is 20.4. The number of amides is 1. The number of nitrogens with two attached hydrogens (primary N) is 2. The maximum Gasteiger partial charge on any atom is 0.251 e. The molecular formula is C17H18N2O2S. The molecule has 1 unspecified atom stereocenters. The van der Waals surface area contributed by atoms with Gasteiger partial charge in [-0.25, -0.2) is 0 Å². The van der Waals surface area contributed by atoms with Gasteiger partial charge in [-0.05, 0) is 30.4 Å². The first-order valence-corrected chi connectivity index (χ1v) is 8.08. The van der Waals surface area contributed by atoms with Gasteiger partial charge in [-0.15, -0.1) is 11.3 Å².